The van der Waals surface area contributed by atoms with Gasteiger partial charge in [-0.25, -0.2) is 0 Å². The summed E-state index contributed by atoms with van der Waals surface area (Å²) in [4.78, 5) is 2.44. The van der Waals surface area contributed by atoms with E-state index in [2.05, 4.69) is 18.9 Å². The third-order valence-corrected chi connectivity index (χ3v) is 4.85. The van der Waals surface area contributed by atoms with Crippen molar-refractivity contribution in [2.75, 3.05) is 39.9 Å². The van der Waals surface area contributed by atoms with Crippen LogP contribution in [0.15, 0.2) is 0 Å². The summed E-state index contributed by atoms with van der Waals surface area (Å²) in [7, 11) is 2.23. The Morgan fingerprint density at radius 3 is 2.44 bits per heavy atom. The minimum Gasteiger partial charge on any atom is -0.380 e. The number of ether oxygens (including phenoxy) is 1. The van der Waals surface area contributed by atoms with Crippen LogP contribution in [0.1, 0.15) is 26.2 Å². The number of nitrogens with zero attached hydrogens (tertiary/aromatic N) is 1. The van der Waals surface area contributed by atoms with Gasteiger partial charge in [0.15, 0.2) is 0 Å². The van der Waals surface area contributed by atoms with Gasteiger partial charge in [-0.2, -0.15) is 0 Å². The fourth-order valence-corrected chi connectivity index (χ4v) is 3.38. The van der Waals surface area contributed by atoms with E-state index in [4.69, 9.17) is 10.5 Å². The maximum absolute atomic E-state index is 5.71. The van der Waals surface area contributed by atoms with Crippen LogP contribution in [0, 0.1) is 17.3 Å². The lowest BCUT2D eigenvalue weighted by Gasteiger charge is -2.53. The van der Waals surface area contributed by atoms with Crippen molar-refractivity contribution in [2.45, 2.75) is 26.2 Å². The highest BCUT2D eigenvalue weighted by molar-refractivity contribution is 4.97. The van der Waals surface area contributed by atoms with Crippen molar-refractivity contribution < 1.29 is 4.74 Å². The molecule has 2 saturated heterocycles. The van der Waals surface area contributed by atoms with Gasteiger partial charge in [-0.3, -0.25) is 0 Å². The zero-order valence-corrected chi connectivity index (χ0v) is 10.7. The molecule has 0 aliphatic carbocycles. The van der Waals surface area contributed by atoms with Gasteiger partial charge in [-0.05, 0) is 57.8 Å². The lowest BCUT2D eigenvalue weighted by molar-refractivity contribution is -0.184. The van der Waals surface area contributed by atoms with Crippen molar-refractivity contribution in [3.63, 3.8) is 0 Å². The quantitative estimate of drug-likeness (QED) is 0.786. The van der Waals surface area contributed by atoms with E-state index in [0.29, 0.717) is 5.41 Å². The first-order valence-electron chi connectivity index (χ1n) is 6.65. The second kappa shape index (κ2) is 5.03. The van der Waals surface area contributed by atoms with Crippen LogP contribution < -0.4 is 5.73 Å². The fraction of sp³-hybridized carbons (Fsp3) is 1.00. The summed E-state index contributed by atoms with van der Waals surface area (Å²) in [5, 5.41) is 0. The Labute approximate surface area is 99.3 Å². The monoisotopic (exact) mass is 226 g/mol. The number of piperidine rings is 1. The van der Waals surface area contributed by atoms with Gasteiger partial charge in [0, 0.05) is 5.41 Å². The SMILES string of the molecule is CC(CCN)C1(C2CCN(C)CC2)COC1. The molecule has 2 N–H and O–H groups in total. The van der Waals surface area contributed by atoms with Crippen molar-refractivity contribution in [3.05, 3.63) is 0 Å². The van der Waals surface area contributed by atoms with Gasteiger partial charge in [0.25, 0.3) is 0 Å². The Balaban J connectivity index is 1.98. The minimum atomic E-state index is 0.459. The van der Waals surface area contributed by atoms with Crippen molar-refractivity contribution in [1.82, 2.24) is 4.90 Å². The van der Waals surface area contributed by atoms with Crippen LogP contribution in [0.25, 0.3) is 0 Å². The average molecular weight is 226 g/mol. The van der Waals surface area contributed by atoms with Crippen LogP contribution >= 0.6 is 0 Å². The lowest BCUT2D eigenvalue weighted by atomic mass is 9.62. The van der Waals surface area contributed by atoms with Gasteiger partial charge in [-0.1, -0.05) is 6.92 Å². The summed E-state index contributed by atoms with van der Waals surface area (Å²) >= 11 is 0. The molecule has 0 aromatic rings. The number of likely N-dealkylation sites (tertiary alicyclic amines) is 1. The van der Waals surface area contributed by atoms with Crippen LogP contribution in [-0.4, -0.2) is 44.8 Å². The Bertz CT molecular complexity index is 220. The van der Waals surface area contributed by atoms with E-state index in [1.54, 1.807) is 0 Å². The Morgan fingerprint density at radius 2 is 2.00 bits per heavy atom. The standard InChI is InChI=1S/C13H26N2O/c1-11(3-6-14)13(9-16-10-13)12-4-7-15(2)8-5-12/h11-12H,3-10,14H2,1-2H3. The van der Waals surface area contributed by atoms with Crippen LogP contribution in [0.4, 0.5) is 0 Å². The van der Waals surface area contributed by atoms with Gasteiger partial charge < -0.3 is 15.4 Å². The first-order chi connectivity index (χ1) is 7.69. The Hall–Kier alpha value is -0.120. The molecule has 2 fully saturated rings. The van der Waals surface area contributed by atoms with Crippen molar-refractivity contribution >= 4 is 0 Å². The maximum Gasteiger partial charge on any atom is 0.0550 e. The first kappa shape index (κ1) is 12.3. The Morgan fingerprint density at radius 1 is 1.38 bits per heavy atom. The highest BCUT2D eigenvalue weighted by atomic mass is 16.5. The molecular weight excluding hydrogens is 200 g/mol. The zero-order valence-electron chi connectivity index (χ0n) is 10.7. The summed E-state index contributed by atoms with van der Waals surface area (Å²) in [5.74, 6) is 1.58. The van der Waals surface area contributed by atoms with Crippen LogP contribution in [0.5, 0.6) is 0 Å². The van der Waals surface area contributed by atoms with Gasteiger partial charge in [0.1, 0.15) is 0 Å². The van der Waals surface area contributed by atoms with Crippen molar-refractivity contribution in [1.29, 1.82) is 0 Å². The molecule has 2 aliphatic rings. The first-order valence-corrected chi connectivity index (χ1v) is 6.65. The second-order valence-electron chi connectivity index (χ2n) is 5.78. The third-order valence-electron chi connectivity index (χ3n) is 4.85. The molecule has 2 aliphatic heterocycles. The van der Waals surface area contributed by atoms with Crippen LogP contribution in [0.3, 0.4) is 0 Å². The van der Waals surface area contributed by atoms with E-state index in [1.165, 1.54) is 25.9 Å². The van der Waals surface area contributed by atoms with Gasteiger partial charge in [0.05, 0.1) is 13.2 Å². The molecule has 1 unspecified atom stereocenters. The molecule has 16 heavy (non-hydrogen) atoms. The maximum atomic E-state index is 5.71. The van der Waals surface area contributed by atoms with Crippen LogP contribution in [0.2, 0.25) is 0 Å². The molecule has 0 amide bonds. The highest BCUT2D eigenvalue weighted by Gasteiger charge is 2.49. The predicted octanol–water partition coefficient (Wildman–Crippen LogP) is 1.33. The van der Waals surface area contributed by atoms with E-state index < -0.39 is 0 Å². The molecule has 0 radical (unpaired) electrons. The van der Waals surface area contributed by atoms with Gasteiger partial charge in [-0.15, -0.1) is 0 Å². The van der Waals surface area contributed by atoms with E-state index in [-0.39, 0.29) is 0 Å². The topological polar surface area (TPSA) is 38.5 Å². The molecule has 94 valence electrons. The van der Waals surface area contributed by atoms with Crippen molar-refractivity contribution in [2.24, 2.45) is 23.0 Å². The summed E-state index contributed by atoms with van der Waals surface area (Å²) in [6, 6.07) is 0. The summed E-state index contributed by atoms with van der Waals surface area (Å²) in [6.45, 7) is 7.64. The highest BCUT2D eigenvalue weighted by Crippen LogP contribution is 2.48. The average Bonchev–Trinajstić information content (AvgIpc) is 2.19. The molecule has 3 nitrogen and oxygen atoms in total. The smallest absolute Gasteiger partial charge is 0.0550 e. The molecular formula is C13H26N2O. The molecule has 0 spiro atoms. The number of nitrogens with two attached hydrogens (primary N) is 1. The number of hydrogen-bond donors (Lipinski definition) is 1. The second-order valence-corrected chi connectivity index (χ2v) is 5.78. The Kier molecular flexibility index (Phi) is 3.88. The molecule has 2 heterocycles. The minimum absolute atomic E-state index is 0.459. The molecule has 1 atom stereocenters. The molecule has 0 bridgehead atoms. The molecule has 0 saturated carbocycles. The number of rotatable bonds is 4. The predicted molar refractivity (Wildman–Crippen MR) is 66.3 cm³/mol. The van der Waals surface area contributed by atoms with Crippen LogP contribution in [-0.2, 0) is 4.74 Å². The summed E-state index contributed by atoms with van der Waals surface area (Å²) in [6.07, 6.45) is 3.83. The van der Waals surface area contributed by atoms with Crippen molar-refractivity contribution in [3.8, 4) is 0 Å². The molecule has 2 rings (SSSR count). The normalized spacial score (nSPS) is 28.7. The number of hydrogen-bond acceptors (Lipinski definition) is 3. The van der Waals surface area contributed by atoms with E-state index >= 15 is 0 Å². The lowest BCUT2D eigenvalue weighted by Crippen LogP contribution is -2.55. The van der Waals surface area contributed by atoms with E-state index in [0.717, 1.165) is 38.0 Å². The van der Waals surface area contributed by atoms with Gasteiger partial charge in [0.2, 0.25) is 0 Å². The summed E-state index contributed by atoms with van der Waals surface area (Å²) < 4.78 is 5.53. The largest absolute Gasteiger partial charge is 0.380 e. The van der Waals surface area contributed by atoms with Gasteiger partial charge >= 0.3 is 0 Å². The summed E-state index contributed by atoms with van der Waals surface area (Å²) in [5.41, 5.74) is 6.17. The van der Waals surface area contributed by atoms with E-state index in [1.807, 2.05) is 0 Å². The zero-order chi connectivity index (χ0) is 11.6. The molecule has 0 aromatic heterocycles. The fourth-order valence-electron chi connectivity index (χ4n) is 3.38. The molecule has 3 heteroatoms. The molecule has 0 aromatic carbocycles. The van der Waals surface area contributed by atoms with E-state index in [9.17, 15) is 0 Å². The third kappa shape index (κ3) is 2.13.